The van der Waals surface area contributed by atoms with Crippen LogP contribution in [0.4, 0.5) is 32.0 Å². The summed E-state index contributed by atoms with van der Waals surface area (Å²) in [5.74, 6) is -5.83. The van der Waals surface area contributed by atoms with Crippen molar-refractivity contribution in [2.24, 2.45) is 17.8 Å². The van der Waals surface area contributed by atoms with E-state index >= 15 is 0 Å². The average Bonchev–Trinajstić information content (AvgIpc) is 3.46. The summed E-state index contributed by atoms with van der Waals surface area (Å²) in [6.45, 7) is 10.7. The summed E-state index contributed by atoms with van der Waals surface area (Å²) in [4.78, 5) is 29.1. The number of anilines is 1. The zero-order valence-corrected chi connectivity index (χ0v) is 36.4. The lowest BCUT2D eigenvalue weighted by atomic mass is 9.68. The Hall–Kier alpha value is -5.02. The number of amides is 2. The standard InChI is InChI=1S/C48H51F6NO6Si/c1-28(19-31-20-29(2)43(58)30(3)21-31)17-18-40(57)41-32(27-61-62(46(4,5)6,36-13-9-7-10-14-36)37-15-11-8-12-16-37)22-38-42(39(41)26-56)45(60)55(44(38)59)35-24-33(47(49,50)51)23-34(25-35)48(52,53)54/h7-16,19-21,23-25,38-40,42,56-58H,17-18,22,26-27H2,1-6H3/b28-19+/t38-,39+,40-,42-/m1/s1. The van der Waals surface area contributed by atoms with Crippen molar-refractivity contribution in [1.82, 2.24) is 0 Å². The highest BCUT2D eigenvalue weighted by atomic mass is 28.4. The van der Waals surface area contributed by atoms with Gasteiger partial charge in [-0.2, -0.15) is 26.3 Å². The van der Waals surface area contributed by atoms with Crippen LogP contribution in [0, 0.1) is 31.6 Å². The minimum atomic E-state index is -5.24. The van der Waals surface area contributed by atoms with Crippen LogP contribution in [0.5, 0.6) is 5.75 Å². The molecule has 0 aromatic heterocycles. The van der Waals surface area contributed by atoms with E-state index in [0.717, 1.165) is 21.5 Å². The van der Waals surface area contributed by atoms with Gasteiger partial charge in [0.1, 0.15) is 5.75 Å². The highest BCUT2D eigenvalue weighted by Crippen LogP contribution is 2.49. The van der Waals surface area contributed by atoms with Gasteiger partial charge in [0.05, 0.1) is 48.0 Å². The second-order valence-electron chi connectivity index (χ2n) is 17.5. The highest BCUT2D eigenvalue weighted by Gasteiger charge is 2.57. The fraction of sp³-hybridized carbons (Fsp3) is 0.375. The number of carbonyl (C=O) groups excluding carboxylic acids is 2. The number of phenols is 1. The number of carbonyl (C=O) groups is 2. The predicted molar refractivity (Wildman–Crippen MR) is 228 cm³/mol. The molecule has 2 amide bonds. The van der Waals surface area contributed by atoms with E-state index in [4.69, 9.17) is 4.43 Å². The van der Waals surface area contributed by atoms with E-state index in [0.29, 0.717) is 40.2 Å². The fourth-order valence-corrected chi connectivity index (χ4v) is 13.9. The molecule has 14 heteroatoms. The van der Waals surface area contributed by atoms with Gasteiger partial charge in [-0.3, -0.25) is 9.59 Å². The Labute approximate surface area is 358 Å². The number of alkyl halides is 6. The number of aliphatic hydroxyl groups excluding tert-OH is 2. The van der Waals surface area contributed by atoms with Crippen LogP contribution in [0.2, 0.25) is 5.04 Å². The van der Waals surface area contributed by atoms with Crippen LogP contribution in [-0.4, -0.2) is 54.8 Å². The molecule has 1 saturated heterocycles. The largest absolute Gasteiger partial charge is 0.507 e. The lowest BCUT2D eigenvalue weighted by Gasteiger charge is -2.44. The van der Waals surface area contributed by atoms with Gasteiger partial charge in [0.2, 0.25) is 11.8 Å². The number of aryl methyl sites for hydroxylation is 2. The first-order chi connectivity index (χ1) is 29.0. The van der Waals surface area contributed by atoms with Crippen LogP contribution in [0.15, 0.2) is 108 Å². The number of aromatic hydroxyl groups is 1. The summed E-state index contributed by atoms with van der Waals surface area (Å²) in [5.41, 5.74) is -0.538. The summed E-state index contributed by atoms with van der Waals surface area (Å²) in [5, 5.41) is 34.9. The van der Waals surface area contributed by atoms with Crippen molar-refractivity contribution in [3.8, 4) is 5.75 Å². The molecule has 7 nitrogen and oxygen atoms in total. The Bertz CT molecular complexity index is 2280. The average molecular weight is 880 g/mol. The number of aliphatic hydroxyl groups is 2. The SMILES string of the molecule is C/C(=C\c1cc(C)c(O)c(C)c1)CC[C@@H](O)C1=C(CO[Si](c2ccccc2)(c2ccccc2)C(C)(C)C)C[C@H]2C(=O)N(c3cc(C(F)(F)F)cc(C(F)(F)F)c3)C(=O)[C@H]2[C@H]1CO. The van der Waals surface area contributed by atoms with Gasteiger partial charge in [0.25, 0.3) is 8.32 Å². The normalized spacial score (nSPS) is 19.6. The molecule has 1 aliphatic heterocycles. The molecule has 1 aliphatic carbocycles. The van der Waals surface area contributed by atoms with E-state index < -0.39 is 84.8 Å². The van der Waals surface area contributed by atoms with Crippen molar-refractivity contribution in [3.63, 3.8) is 0 Å². The van der Waals surface area contributed by atoms with Gasteiger partial charge in [-0.25, -0.2) is 4.90 Å². The first kappa shape index (κ1) is 46.5. The van der Waals surface area contributed by atoms with Gasteiger partial charge < -0.3 is 19.7 Å². The second-order valence-corrected chi connectivity index (χ2v) is 21.8. The van der Waals surface area contributed by atoms with Crippen molar-refractivity contribution in [2.45, 2.75) is 84.3 Å². The quantitative estimate of drug-likeness (QED) is 0.0567. The molecule has 4 atom stereocenters. The van der Waals surface area contributed by atoms with Gasteiger partial charge in [0.15, 0.2) is 0 Å². The van der Waals surface area contributed by atoms with Crippen LogP contribution in [0.25, 0.3) is 6.08 Å². The molecule has 0 spiro atoms. The molecule has 0 unspecified atom stereocenters. The number of halogens is 6. The number of nitrogens with zero attached hydrogens (tertiary/aromatic N) is 1. The van der Waals surface area contributed by atoms with Crippen molar-refractivity contribution in [1.29, 1.82) is 0 Å². The lowest BCUT2D eigenvalue weighted by Crippen LogP contribution is -2.66. The van der Waals surface area contributed by atoms with Crippen molar-refractivity contribution >= 4 is 42.3 Å². The molecule has 3 N–H and O–H groups in total. The topological polar surface area (TPSA) is 107 Å². The van der Waals surface area contributed by atoms with Crippen LogP contribution in [0.3, 0.4) is 0 Å². The van der Waals surface area contributed by atoms with E-state index in [1.165, 1.54) is 0 Å². The van der Waals surface area contributed by atoms with Crippen LogP contribution in [0.1, 0.15) is 74.8 Å². The molecular weight excluding hydrogens is 829 g/mol. The van der Waals surface area contributed by atoms with E-state index in [2.05, 4.69) is 20.8 Å². The molecule has 0 bridgehead atoms. The molecule has 1 fully saturated rings. The van der Waals surface area contributed by atoms with E-state index in [1.807, 2.05) is 85.8 Å². The summed E-state index contributed by atoms with van der Waals surface area (Å²) in [7, 11) is -3.28. The summed E-state index contributed by atoms with van der Waals surface area (Å²) in [6.07, 6.45) is -9.65. The fourth-order valence-electron chi connectivity index (χ4n) is 9.32. The van der Waals surface area contributed by atoms with E-state index in [9.17, 15) is 51.3 Å². The molecule has 62 heavy (non-hydrogen) atoms. The van der Waals surface area contributed by atoms with Gasteiger partial charge in [-0.05, 0) is 114 Å². The molecule has 4 aromatic rings. The molecule has 4 aromatic carbocycles. The molecule has 2 aliphatic rings. The molecule has 1 heterocycles. The Morgan fingerprint density at radius 2 is 1.35 bits per heavy atom. The Balaban J connectivity index is 1.45. The molecule has 0 radical (unpaired) electrons. The van der Waals surface area contributed by atoms with Crippen LogP contribution in [-0.2, 0) is 26.4 Å². The monoisotopic (exact) mass is 879 g/mol. The van der Waals surface area contributed by atoms with Gasteiger partial charge in [-0.15, -0.1) is 0 Å². The summed E-state index contributed by atoms with van der Waals surface area (Å²) in [6, 6.07) is 23.6. The lowest BCUT2D eigenvalue weighted by molar-refractivity contribution is -0.143. The van der Waals surface area contributed by atoms with Crippen LogP contribution < -0.4 is 15.3 Å². The minimum absolute atomic E-state index is 0.0746. The summed E-state index contributed by atoms with van der Waals surface area (Å²) < 4.78 is 91.2. The Morgan fingerprint density at radius 3 is 1.82 bits per heavy atom. The predicted octanol–water partition coefficient (Wildman–Crippen LogP) is 9.28. The number of rotatable bonds is 12. The molecule has 6 rings (SSSR count). The maximum absolute atomic E-state index is 14.4. The van der Waals surface area contributed by atoms with Gasteiger partial charge >= 0.3 is 12.4 Å². The third-order valence-electron chi connectivity index (χ3n) is 12.2. The van der Waals surface area contributed by atoms with Crippen molar-refractivity contribution in [2.75, 3.05) is 18.1 Å². The Kier molecular flexibility index (Phi) is 13.2. The zero-order chi connectivity index (χ0) is 45.5. The number of hydrogen-bond donors (Lipinski definition) is 3. The first-order valence-corrected chi connectivity index (χ1v) is 22.3. The van der Waals surface area contributed by atoms with Crippen LogP contribution >= 0.6 is 0 Å². The maximum Gasteiger partial charge on any atom is 0.416 e. The minimum Gasteiger partial charge on any atom is -0.507 e. The number of allylic oxidation sites excluding steroid dienone is 1. The second kappa shape index (κ2) is 17.6. The smallest absolute Gasteiger partial charge is 0.416 e. The van der Waals surface area contributed by atoms with Gasteiger partial charge in [0, 0.05) is 5.92 Å². The number of phenolic OH excluding ortho intramolecular Hbond substituents is 1. The third kappa shape index (κ3) is 9.06. The van der Waals surface area contributed by atoms with Crippen molar-refractivity contribution < 1.29 is 55.7 Å². The number of imide groups is 1. The maximum atomic E-state index is 14.4. The third-order valence-corrected chi connectivity index (χ3v) is 17.2. The zero-order valence-electron chi connectivity index (χ0n) is 35.4. The molecule has 330 valence electrons. The molecule has 0 saturated carbocycles. The highest BCUT2D eigenvalue weighted by molar-refractivity contribution is 6.99. The number of benzene rings is 4. The number of hydrogen-bond acceptors (Lipinski definition) is 6. The van der Waals surface area contributed by atoms with Gasteiger partial charge in [-0.1, -0.05) is 93.1 Å². The van der Waals surface area contributed by atoms with E-state index in [-0.39, 0.29) is 36.8 Å². The van der Waals surface area contributed by atoms with E-state index in [1.54, 1.807) is 13.8 Å². The Morgan fingerprint density at radius 1 is 0.839 bits per heavy atom. The summed E-state index contributed by atoms with van der Waals surface area (Å²) >= 11 is 0. The first-order valence-electron chi connectivity index (χ1n) is 20.4. The number of fused-ring (bicyclic) bond motifs is 1. The molecular formula is C48H51F6NO6Si. The van der Waals surface area contributed by atoms with Crippen molar-refractivity contribution in [3.05, 3.63) is 136 Å².